The third kappa shape index (κ3) is 2.40. The molecular formula is C3H3N2NaO2S. The first-order valence-electron chi connectivity index (χ1n) is 1.81. The van der Waals surface area contributed by atoms with Gasteiger partial charge in [-0.2, -0.15) is 0 Å². The first-order chi connectivity index (χ1) is 3.80. The molecule has 0 amide bonds. The van der Waals surface area contributed by atoms with E-state index in [-0.39, 0.29) is 35.9 Å². The van der Waals surface area contributed by atoms with Gasteiger partial charge in [-0.3, -0.25) is 0 Å². The van der Waals surface area contributed by atoms with E-state index in [9.17, 15) is 4.79 Å². The fraction of sp³-hybridized carbons (Fsp3) is 0. The molecule has 0 bridgehead atoms. The molecule has 6 heteroatoms. The van der Waals surface area contributed by atoms with Crippen LogP contribution in [0.5, 0.6) is 0 Å². The summed E-state index contributed by atoms with van der Waals surface area (Å²) in [6, 6.07) is 0. The van der Waals surface area contributed by atoms with Gasteiger partial charge in [0.2, 0.25) is 0 Å². The third-order valence-corrected chi connectivity index (χ3v) is 1.22. The first-order valence-corrected chi connectivity index (χ1v) is 2.58. The number of hydrogen-bond donors (Lipinski definition) is 1. The Balaban J connectivity index is 0. The summed E-state index contributed by atoms with van der Waals surface area (Å²) in [6.07, 6.45) is 1.22. The molecule has 0 saturated heterocycles. The fourth-order valence-corrected chi connectivity index (χ4v) is 0.616. The predicted octanol–water partition coefficient (Wildman–Crippen LogP) is -2.65. The quantitative estimate of drug-likeness (QED) is 0.449. The van der Waals surface area contributed by atoms with E-state index < -0.39 is 5.97 Å². The molecule has 44 valence electrons. The molecule has 1 aromatic heterocycles. The normalized spacial score (nSPS) is 8.00. The minimum Gasteiger partial charge on any atom is -1.00 e. The van der Waals surface area contributed by atoms with Crippen LogP contribution in [0.2, 0.25) is 0 Å². The second-order valence-electron chi connectivity index (χ2n) is 1.09. The van der Waals surface area contributed by atoms with Crippen LogP contribution in [0.15, 0.2) is 6.20 Å². The third-order valence-electron chi connectivity index (χ3n) is 0.572. The van der Waals surface area contributed by atoms with Gasteiger partial charge < -0.3 is 6.53 Å². The molecule has 0 aromatic carbocycles. The van der Waals surface area contributed by atoms with Crippen molar-refractivity contribution in [3.8, 4) is 0 Å². The summed E-state index contributed by atoms with van der Waals surface area (Å²) in [4.78, 5) is 10.2. The molecule has 1 aromatic rings. The molecular weight excluding hydrogens is 151 g/mol. The minimum atomic E-state index is -0.972. The van der Waals surface area contributed by atoms with Crippen molar-refractivity contribution in [2.45, 2.75) is 0 Å². The molecule has 0 unspecified atom stereocenters. The molecule has 0 spiro atoms. The second kappa shape index (κ2) is 3.94. The number of hydrogen-bond acceptors (Lipinski definition) is 4. The average Bonchev–Trinajstić information content (AvgIpc) is 2.12. The van der Waals surface area contributed by atoms with Gasteiger partial charge in [-0.05, 0) is 11.5 Å². The van der Waals surface area contributed by atoms with Gasteiger partial charge in [-0.1, -0.05) is 4.49 Å². The molecule has 0 saturated carbocycles. The molecule has 0 aliphatic heterocycles. The Labute approximate surface area is 78.8 Å². The Bertz CT molecular complexity index is 192. The molecule has 1 N–H and O–H groups in total. The minimum absolute atomic E-state index is 0. The van der Waals surface area contributed by atoms with Crippen LogP contribution >= 0.6 is 11.5 Å². The van der Waals surface area contributed by atoms with Gasteiger partial charge >= 0.3 is 35.5 Å². The topological polar surface area (TPSA) is 63.1 Å². The summed E-state index contributed by atoms with van der Waals surface area (Å²) in [7, 11) is 0. The standard InChI is InChI=1S/C3H2N2O2S.Na.H/c6-3(7)2-1-4-5-8-2;;/h1H,(H,6,7);;/q;+1;-1. The van der Waals surface area contributed by atoms with E-state index in [0.717, 1.165) is 11.5 Å². The van der Waals surface area contributed by atoms with E-state index in [1.165, 1.54) is 6.20 Å². The fourth-order valence-electron chi connectivity index (χ4n) is 0.261. The van der Waals surface area contributed by atoms with Crippen molar-refractivity contribution in [2.75, 3.05) is 0 Å². The van der Waals surface area contributed by atoms with Gasteiger partial charge in [0.05, 0.1) is 6.20 Å². The van der Waals surface area contributed by atoms with Crippen molar-refractivity contribution >= 4 is 17.5 Å². The van der Waals surface area contributed by atoms with Gasteiger partial charge in [0.15, 0.2) is 4.88 Å². The Kier molecular flexibility index (Phi) is 3.96. The average molecular weight is 154 g/mol. The summed E-state index contributed by atoms with van der Waals surface area (Å²) in [6.45, 7) is 0. The monoisotopic (exact) mass is 154 g/mol. The molecule has 0 aliphatic rings. The van der Waals surface area contributed by atoms with Crippen LogP contribution in [-0.4, -0.2) is 20.7 Å². The van der Waals surface area contributed by atoms with E-state index in [4.69, 9.17) is 5.11 Å². The van der Waals surface area contributed by atoms with E-state index in [1.54, 1.807) is 0 Å². The van der Waals surface area contributed by atoms with Crippen LogP contribution in [0, 0.1) is 0 Å². The zero-order valence-corrected chi connectivity index (χ0v) is 7.55. The van der Waals surface area contributed by atoms with Crippen molar-refractivity contribution in [1.29, 1.82) is 0 Å². The van der Waals surface area contributed by atoms with Gasteiger partial charge in [0.1, 0.15) is 0 Å². The molecule has 1 rings (SSSR count). The largest absolute Gasteiger partial charge is 1.00 e. The molecule has 0 atom stereocenters. The number of aromatic nitrogens is 2. The van der Waals surface area contributed by atoms with E-state index in [0.29, 0.717) is 0 Å². The summed E-state index contributed by atoms with van der Waals surface area (Å²) in [5.74, 6) is -0.972. The predicted molar refractivity (Wildman–Crippen MR) is 28.0 cm³/mol. The molecule has 1 heterocycles. The summed E-state index contributed by atoms with van der Waals surface area (Å²) >= 11 is 0.870. The number of carbonyl (C=O) groups is 1. The van der Waals surface area contributed by atoms with Crippen LogP contribution < -0.4 is 29.6 Å². The summed E-state index contributed by atoms with van der Waals surface area (Å²) in [5.41, 5.74) is 0. The van der Waals surface area contributed by atoms with Crippen molar-refractivity contribution < 1.29 is 40.9 Å². The van der Waals surface area contributed by atoms with E-state index in [1.807, 2.05) is 0 Å². The summed E-state index contributed by atoms with van der Waals surface area (Å²) in [5, 5.41) is 11.5. The maximum Gasteiger partial charge on any atom is 1.00 e. The van der Waals surface area contributed by atoms with E-state index in [2.05, 4.69) is 9.59 Å². The zero-order valence-electron chi connectivity index (χ0n) is 5.74. The van der Waals surface area contributed by atoms with Crippen LogP contribution in [0.25, 0.3) is 0 Å². The van der Waals surface area contributed by atoms with Gasteiger partial charge in [-0.25, -0.2) is 4.79 Å². The number of carboxylic acid groups (broad SMARTS) is 1. The molecule has 0 aliphatic carbocycles. The molecule has 0 radical (unpaired) electrons. The Morgan fingerprint density at radius 1 is 1.89 bits per heavy atom. The molecule has 9 heavy (non-hydrogen) atoms. The Morgan fingerprint density at radius 3 is 2.78 bits per heavy atom. The van der Waals surface area contributed by atoms with Crippen LogP contribution in [0.3, 0.4) is 0 Å². The number of aromatic carboxylic acids is 1. The van der Waals surface area contributed by atoms with Crippen LogP contribution in [0.1, 0.15) is 11.1 Å². The van der Waals surface area contributed by atoms with Gasteiger partial charge in [-0.15, -0.1) is 5.10 Å². The molecule has 4 nitrogen and oxygen atoms in total. The van der Waals surface area contributed by atoms with Crippen molar-refractivity contribution in [2.24, 2.45) is 0 Å². The smallest absolute Gasteiger partial charge is 1.00 e. The summed E-state index contributed by atoms with van der Waals surface area (Å²) < 4.78 is 3.35. The zero-order chi connectivity index (χ0) is 5.98. The van der Waals surface area contributed by atoms with Crippen LogP contribution in [-0.2, 0) is 0 Å². The maximum atomic E-state index is 9.99. The van der Waals surface area contributed by atoms with Crippen molar-refractivity contribution in [3.63, 3.8) is 0 Å². The Hall–Kier alpha value is 0.0300. The van der Waals surface area contributed by atoms with Crippen LogP contribution in [0.4, 0.5) is 0 Å². The van der Waals surface area contributed by atoms with Crippen molar-refractivity contribution in [1.82, 2.24) is 9.59 Å². The Morgan fingerprint density at radius 2 is 2.56 bits per heavy atom. The van der Waals surface area contributed by atoms with Gasteiger partial charge in [0.25, 0.3) is 0 Å². The number of nitrogens with zero attached hydrogens (tertiary/aromatic N) is 2. The number of rotatable bonds is 1. The van der Waals surface area contributed by atoms with Crippen molar-refractivity contribution in [3.05, 3.63) is 11.1 Å². The second-order valence-corrected chi connectivity index (χ2v) is 1.87. The first kappa shape index (κ1) is 9.03. The SMILES string of the molecule is O=C(O)c1cnns1.[H-].[Na+]. The van der Waals surface area contributed by atoms with Gasteiger partial charge in [0, 0.05) is 0 Å². The van der Waals surface area contributed by atoms with E-state index >= 15 is 0 Å². The number of carboxylic acids is 1. The molecule has 0 fully saturated rings. The maximum absolute atomic E-state index is 9.99.